The molecule has 0 aliphatic carbocycles. The highest BCUT2D eigenvalue weighted by molar-refractivity contribution is 9.10. The van der Waals surface area contributed by atoms with E-state index in [1.54, 1.807) is 0 Å². The van der Waals surface area contributed by atoms with Crippen molar-refractivity contribution in [1.82, 2.24) is 0 Å². The molecule has 0 unspecified atom stereocenters. The van der Waals surface area contributed by atoms with E-state index in [-0.39, 0.29) is 11.9 Å². The third-order valence-electron chi connectivity index (χ3n) is 3.32. The summed E-state index contributed by atoms with van der Waals surface area (Å²) in [6, 6.07) is 13.0. The normalized spacial score (nSPS) is 11.7. The highest BCUT2D eigenvalue weighted by Gasteiger charge is 2.14. The lowest BCUT2D eigenvalue weighted by Gasteiger charge is -2.16. The number of rotatable bonds is 6. The molecule has 2 rings (SSSR count). The second-order valence-electron chi connectivity index (χ2n) is 5.30. The van der Waals surface area contributed by atoms with Gasteiger partial charge < -0.3 is 15.4 Å². The van der Waals surface area contributed by atoms with E-state index in [2.05, 4.69) is 26.6 Å². The van der Waals surface area contributed by atoms with E-state index in [0.29, 0.717) is 6.61 Å². The molecule has 5 heteroatoms. The van der Waals surface area contributed by atoms with Gasteiger partial charge >= 0.3 is 0 Å². The Labute approximate surface area is 145 Å². The monoisotopic (exact) mass is 376 g/mol. The van der Waals surface area contributed by atoms with Crippen LogP contribution in [-0.4, -0.2) is 18.6 Å². The van der Waals surface area contributed by atoms with Gasteiger partial charge in [0.25, 0.3) is 0 Å². The number of benzene rings is 2. The second kappa shape index (κ2) is 8.02. The number of amides is 1. The fourth-order valence-electron chi connectivity index (χ4n) is 2.09. The van der Waals surface area contributed by atoms with E-state index in [1.165, 1.54) is 0 Å². The molecule has 2 aromatic rings. The van der Waals surface area contributed by atoms with Crippen LogP contribution in [0.15, 0.2) is 46.9 Å². The van der Waals surface area contributed by atoms with Gasteiger partial charge in [-0.05, 0) is 78.7 Å². The highest BCUT2D eigenvalue weighted by Crippen LogP contribution is 2.24. The van der Waals surface area contributed by atoms with Crippen LogP contribution in [0.1, 0.15) is 19.4 Å². The maximum atomic E-state index is 12.3. The lowest BCUT2D eigenvalue weighted by atomic mass is 10.2. The number of hydrogen-bond donors (Lipinski definition) is 2. The molecule has 0 spiro atoms. The van der Waals surface area contributed by atoms with Crippen molar-refractivity contribution in [3.63, 3.8) is 0 Å². The van der Waals surface area contributed by atoms with Gasteiger partial charge in [-0.1, -0.05) is 6.07 Å². The molecule has 0 fully saturated rings. The quantitative estimate of drug-likeness (QED) is 0.774. The van der Waals surface area contributed by atoms with Gasteiger partial charge in [0, 0.05) is 10.2 Å². The van der Waals surface area contributed by atoms with Crippen LogP contribution < -0.4 is 15.4 Å². The summed E-state index contributed by atoms with van der Waals surface area (Å²) in [4.78, 5) is 12.3. The molecule has 2 aromatic carbocycles. The van der Waals surface area contributed by atoms with E-state index < -0.39 is 0 Å². The first-order valence-electron chi connectivity index (χ1n) is 7.56. The summed E-state index contributed by atoms with van der Waals surface area (Å²) < 4.78 is 6.28. The van der Waals surface area contributed by atoms with Gasteiger partial charge in [-0.3, -0.25) is 4.79 Å². The molecule has 0 bridgehead atoms. The van der Waals surface area contributed by atoms with Gasteiger partial charge in [0.15, 0.2) is 0 Å². The molecule has 122 valence electrons. The molecule has 0 aliphatic rings. The smallest absolute Gasteiger partial charge is 0.246 e. The first-order chi connectivity index (χ1) is 11.0. The Kier molecular flexibility index (Phi) is 6.04. The average Bonchev–Trinajstić information content (AvgIpc) is 2.52. The Morgan fingerprint density at radius 2 is 1.91 bits per heavy atom. The first kappa shape index (κ1) is 17.3. The summed E-state index contributed by atoms with van der Waals surface area (Å²) in [5.74, 6) is 0.724. The number of hydrogen-bond acceptors (Lipinski definition) is 3. The van der Waals surface area contributed by atoms with E-state index >= 15 is 0 Å². The van der Waals surface area contributed by atoms with Crippen molar-refractivity contribution in [2.45, 2.75) is 26.8 Å². The van der Waals surface area contributed by atoms with Crippen LogP contribution >= 0.6 is 15.9 Å². The molecule has 0 saturated carbocycles. The van der Waals surface area contributed by atoms with Crippen molar-refractivity contribution < 1.29 is 9.53 Å². The van der Waals surface area contributed by atoms with Crippen LogP contribution in [-0.2, 0) is 4.79 Å². The zero-order valence-corrected chi connectivity index (χ0v) is 15.1. The molecule has 1 atom stereocenters. The largest absolute Gasteiger partial charge is 0.494 e. The molecule has 23 heavy (non-hydrogen) atoms. The van der Waals surface area contributed by atoms with E-state index in [9.17, 15) is 4.79 Å². The van der Waals surface area contributed by atoms with Crippen LogP contribution in [0.5, 0.6) is 5.75 Å². The van der Waals surface area contributed by atoms with Crippen molar-refractivity contribution >= 4 is 33.2 Å². The summed E-state index contributed by atoms with van der Waals surface area (Å²) in [7, 11) is 0. The van der Waals surface area contributed by atoms with Crippen LogP contribution in [0, 0.1) is 6.92 Å². The van der Waals surface area contributed by atoms with Crippen LogP contribution in [0.3, 0.4) is 0 Å². The minimum atomic E-state index is -0.360. The van der Waals surface area contributed by atoms with E-state index in [1.807, 2.05) is 63.2 Å². The number of anilines is 2. The Morgan fingerprint density at radius 1 is 1.22 bits per heavy atom. The van der Waals surface area contributed by atoms with Gasteiger partial charge in [-0.25, -0.2) is 0 Å². The van der Waals surface area contributed by atoms with Crippen molar-refractivity contribution in [2.75, 3.05) is 17.2 Å². The number of nitrogens with one attached hydrogen (secondary N) is 2. The summed E-state index contributed by atoms with van der Waals surface area (Å²) in [5.41, 5.74) is 2.77. The SMILES string of the molecule is CCOc1ccc(N[C@H](C)C(=O)Nc2ccc(C)cc2Br)cc1. The summed E-state index contributed by atoms with van der Waals surface area (Å²) >= 11 is 3.47. The number of carbonyl (C=O) groups excluding carboxylic acids is 1. The molecular formula is C18H21BrN2O2. The zero-order chi connectivity index (χ0) is 16.8. The lowest BCUT2D eigenvalue weighted by molar-refractivity contribution is -0.116. The van der Waals surface area contributed by atoms with Gasteiger partial charge in [0.2, 0.25) is 5.91 Å². The van der Waals surface area contributed by atoms with Crippen molar-refractivity contribution in [1.29, 1.82) is 0 Å². The van der Waals surface area contributed by atoms with Crippen molar-refractivity contribution in [3.8, 4) is 5.75 Å². The second-order valence-corrected chi connectivity index (χ2v) is 6.15. The fraction of sp³-hybridized carbons (Fsp3) is 0.278. The average molecular weight is 377 g/mol. The predicted molar refractivity (Wildman–Crippen MR) is 98.2 cm³/mol. The zero-order valence-electron chi connectivity index (χ0n) is 13.5. The van der Waals surface area contributed by atoms with Crippen molar-refractivity contribution in [3.05, 3.63) is 52.5 Å². The number of aryl methyl sites for hydroxylation is 1. The maximum Gasteiger partial charge on any atom is 0.246 e. The molecule has 4 nitrogen and oxygen atoms in total. The maximum absolute atomic E-state index is 12.3. The number of carbonyl (C=O) groups is 1. The molecular weight excluding hydrogens is 356 g/mol. The van der Waals surface area contributed by atoms with Gasteiger partial charge in [0.05, 0.1) is 12.3 Å². The van der Waals surface area contributed by atoms with Gasteiger partial charge in [-0.15, -0.1) is 0 Å². The van der Waals surface area contributed by atoms with E-state index in [4.69, 9.17) is 4.74 Å². The molecule has 0 radical (unpaired) electrons. The standard InChI is InChI=1S/C18H21BrN2O2/c1-4-23-15-8-6-14(7-9-15)20-13(3)18(22)21-17-10-5-12(2)11-16(17)19/h5-11,13,20H,4H2,1-3H3,(H,21,22)/t13-/m1/s1. The topological polar surface area (TPSA) is 50.4 Å². The molecule has 0 saturated heterocycles. The molecule has 1 amide bonds. The third-order valence-corrected chi connectivity index (χ3v) is 3.98. The molecule has 2 N–H and O–H groups in total. The Balaban J connectivity index is 1.96. The molecule has 0 aliphatic heterocycles. The van der Waals surface area contributed by atoms with Crippen LogP contribution in [0.25, 0.3) is 0 Å². The number of ether oxygens (including phenoxy) is 1. The first-order valence-corrected chi connectivity index (χ1v) is 8.35. The van der Waals surface area contributed by atoms with E-state index in [0.717, 1.165) is 27.2 Å². The highest BCUT2D eigenvalue weighted by atomic mass is 79.9. The summed E-state index contributed by atoms with van der Waals surface area (Å²) in [5, 5.41) is 6.10. The van der Waals surface area contributed by atoms with Crippen LogP contribution in [0.2, 0.25) is 0 Å². The molecule has 0 heterocycles. The fourth-order valence-corrected chi connectivity index (χ4v) is 2.68. The van der Waals surface area contributed by atoms with Gasteiger partial charge in [-0.2, -0.15) is 0 Å². The molecule has 0 aromatic heterocycles. The number of halogens is 1. The lowest BCUT2D eigenvalue weighted by Crippen LogP contribution is -2.31. The Morgan fingerprint density at radius 3 is 2.52 bits per heavy atom. The minimum absolute atomic E-state index is 0.0940. The van der Waals surface area contributed by atoms with Crippen LogP contribution in [0.4, 0.5) is 11.4 Å². The Hall–Kier alpha value is -2.01. The van der Waals surface area contributed by atoms with Gasteiger partial charge in [0.1, 0.15) is 11.8 Å². The predicted octanol–water partition coefficient (Wildman–Crippen LogP) is 4.60. The summed E-state index contributed by atoms with van der Waals surface area (Å²) in [6.45, 7) is 6.42. The van der Waals surface area contributed by atoms with Crippen molar-refractivity contribution in [2.24, 2.45) is 0 Å². The third kappa shape index (κ3) is 4.99. The minimum Gasteiger partial charge on any atom is -0.494 e. The Bertz CT molecular complexity index is 671. The summed E-state index contributed by atoms with van der Waals surface area (Å²) in [6.07, 6.45) is 0.